The minimum absolute atomic E-state index is 0.300. The van der Waals surface area contributed by atoms with Crippen molar-refractivity contribution in [2.24, 2.45) is 0 Å². The van der Waals surface area contributed by atoms with Crippen molar-refractivity contribution in [2.75, 3.05) is 19.0 Å². The van der Waals surface area contributed by atoms with Gasteiger partial charge in [0.1, 0.15) is 0 Å². The molecule has 0 aromatic carbocycles. The van der Waals surface area contributed by atoms with Crippen LogP contribution in [0.5, 0.6) is 0 Å². The number of alkyl halides is 1. The van der Waals surface area contributed by atoms with Gasteiger partial charge in [-0.25, -0.2) is 0 Å². The molecule has 0 aliphatic carbocycles. The van der Waals surface area contributed by atoms with Crippen molar-refractivity contribution in [3.63, 3.8) is 0 Å². The second-order valence-corrected chi connectivity index (χ2v) is 3.36. The maximum atomic E-state index is 9.18. The molecule has 1 atom stereocenters. The molecule has 0 saturated heterocycles. The van der Waals surface area contributed by atoms with Crippen LogP contribution in [0.25, 0.3) is 0 Å². The smallest absolute Gasteiger partial charge is 0.300 e. The molecule has 1 heterocycles. The van der Waals surface area contributed by atoms with E-state index in [0.29, 0.717) is 12.4 Å². The zero-order valence-electron chi connectivity index (χ0n) is 8.64. The number of aliphatic hydroxyl groups is 1. The van der Waals surface area contributed by atoms with Crippen LogP contribution < -0.4 is 0 Å². The van der Waals surface area contributed by atoms with Gasteiger partial charge in [-0.15, -0.1) is 11.6 Å². The van der Waals surface area contributed by atoms with Crippen LogP contribution >= 0.6 is 11.6 Å². The molecule has 0 spiro atoms. The van der Waals surface area contributed by atoms with Gasteiger partial charge in [-0.05, 0) is 12.3 Å². The number of carboxylic acids is 1. The molecule has 2 N–H and O–H groups in total. The molecule has 86 valence electrons. The predicted octanol–water partition coefficient (Wildman–Crippen LogP) is 1.06. The fourth-order valence-corrected chi connectivity index (χ4v) is 1.06. The molecule has 0 aromatic rings. The van der Waals surface area contributed by atoms with Gasteiger partial charge >= 0.3 is 0 Å². The fraction of sp³-hybridized carbons (Fsp3) is 0.500. The van der Waals surface area contributed by atoms with Gasteiger partial charge < -0.3 is 15.1 Å². The summed E-state index contributed by atoms with van der Waals surface area (Å²) >= 11 is 5.45. The molecule has 4 nitrogen and oxygen atoms in total. The Labute approximate surface area is 94.5 Å². The number of rotatable bonds is 3. The first kappa shape index (κ1) is 14.0. The van der Waals surface area contributed by atoms with Gasteiger partial charge in [0.05, 0.1) is 12.0 Å². The molecular formula is C10H16ClNO3. The average molecular weight is 234 g/mol. The first-order chi connectivity index (χ1) is 7.06. The van der Waals surface area contributed by atoms with E-state index >= 15 is 0 Å². The van der Waals surface area contributed by atoms with E-state index in [1.54, 1.807) is 0 Å². The lowest BCUT2D eigenvalue weighted by Crippen LogP contribution is -2.30. The summed E-state index contributed by atoms with van der Waals surface area (Å²) < 4.78 is 0. The van der Waals surface area contributed by atoms with E-state index in [9.17, 15) is 5.11 Å². The molecule has 0 amide bonds. The Bertz CT molecular complexity index is 237. The van der Waals surface area contributed by atoms with Crippen LogP contribution in [0.15, 0.2) is 24.4 Å². The third-order valence-electron chi connectivity index (χ3n) is 1.51. The number of allylic oxidation sites excluding steroid dienone is 2. The lowest BCUT2D eigenvalue weighted by atomic mass is 10.3. The highest BCUT2D eigenvalue weighted by Crippen LogP contribution is 2.00. The summed E-state index contributed by atoms with van der Waals surface area (Å²) in [6, 6.07) is 0. The number of carboxylic acid groups (broad SMARTS) is 1. The fourth-order valence-electron chi connectivity index (χ4n) is 0.962. The van der Waals surface area contributed by atoms with Crippen molar-refractivity contribution in [1.29, 1.82) is 0 Å². The summed E-state index contributed by atoms with van der Waals surface area (Å²) in [7, 11) is 0. The topological polar surface area (TPSA) is 60.8 Å². The molecule has 15 heavy (non-hydrogen) atoms. The van der Waals surface area contributed by atoms with Crippen molar-refractivity contribution in [2.45, 2.75) is 13.0 Å². The third kappa shape index (κ3) is 9.31. The second kappa shape index (κ2) is 8.32. The third-order valence-corrected chi connectivity index (χ3v) is 1.86. The van der Waals surface area contributed by atoms with Gasteiger partial charge in [-0.1, -0.05) is 12.2 Å². The van der Waals surface area contributed by atoms with Gasteiger partial charge in [0, 0.05) is 20.0 Å². The zero-order valence-corrected chi connectivity index (χ0v) is 9.39. The number of nitrogens with zero attached hydrogens (tertiary/aromatic N) is 1. The zero-order chi connectivity index (χ0) is 11.7. The summed E-state index contributed by atoms with van der Waals surface area (Å²) in [5.74, 6) is -0.534. The summed E-state index contributed by atoms with van der Waals surface area (Å²) in [6.07, 6.45) is 7.51. The molecule has 0 aromatic heterocycles. The van der Waals surface area contributed by atoms with Gasteiger partial charge in [-0.2, -0.15) is 0 Å². The molecule has 1 aliphatic rings. The number of hydrogen-bond donors (Lipinski definition) is 2. The van der Waals surface area contributed by atoms with E-state index in [-0.39, 0.29) is 0 Å². The van der Waals surface area contributed by atoms with Crippen molar-refractivity contribution in [3.8, 4) is 0 Å². The number of aliphatic hydroxyl groups excluding tert-OH is 1. The van der Waals surface area contributed by atoms with Gasteiger partial charge in [0.25, 0.3) is 5.97 Å². The lowest BCUT2D eigenvalue weighted by Gasteiger charge is -2.22. The normalized spacial score (nSPS) is 15.5. The number of carbonyl (C=O) groups is 1. The SMILES string of the molecule is CC(=O)O.OC(CCl)CN1C=CC=CC1. The Balaban J connectivity index is 0.000000423. The summed E-state index contributed by atoms with van der Waals surface area (Å²) in [5, 5.41) is 16.6. The number of aliphatic carboxylic acids is 1. The number of hydrogen-bond acceptors (Lipinski definition) is 3. The Morgan fingerprint density at radius 3 is 2.60 bits per heavy atom. The molecule has 0 radical (unpaired) electrons. The quantitative estimate of drug-likeness (QED) is 0.716. The molecular weight excluding hydrogens is 218 g/mol. The van der Waals surface area contributed by atoms with Crippen molar-refractivity contribution >= 4 is 17.6 Å². The Morgan fingerprint density at radius 2 is 2.20 bits per heavy atom. The van der Waals surface area contributed by atoms with Crippen LogP contribution in [0.2, 0.25) is 0 Å². The highest BCUT2D eigenvalue weighted by atomic mass is 35.5. The lowest BCUT2D eigenvalue weighted by molar-refractivity contribution is -0.134. The standard InChI is InChI=1S/C8H12ClNO.C2H4O2/c9-6-8(11)7-10-4-2-1-3-5-10;1-2(3)4/h1-4,8,11H,5-7H2;1H3,(H,3,4). The van der Waals surface area contributed by atoms with Crippen LogP contribution in [0.3, 0.4) is 0 Å². The average Bonchev–Trinajstić information content (AvgIpc) is 2.18. The van der Waals surface area contributed by atoms with E-state index in [1.807, 2.05) is 29.3 Å². The summed E-state index contributed by atoms with van der Waals surface area (Å²) in [6.45, 7) is 2.56. The van der Waals surface area contributed by atoms with Crippen LogP contribution in [0.1, 0.15) is 6.92 Å². The van der Waals surface area contributed by atoms with Crippen molar-refractivity contribution in [1.82, 2.24) is 4.90 Å². The first-order valence-corrected chi connectivity index (χ1v) is 5.10. The Kier molecular flexibility index (Phi) is 7.77. The molecule has 1 aliphatic heterocycles. The summed E-state index contributed by atoms with van der Waals surface area (Å²) in [4.78, 5) is 11.0. The van der Waals surface area contributed by atoms with Crippen LogP contribution in [-0.4, -0.2) is 46.2 Å². The molecule has 5 heteroatoms. The first-order valence-electron chi connectivity index (χ1n) is 4.57. The van der Waals surface area contributed by atoms with Crippen LogP contribution in [-0.2, 0) is 4.79 Å². The van der Waals surface area contributed by atoms with E-state index in [1.165, 1.54) is 0 Å². The van der Waals surface area contributed by atoms with Crippen molar-refractivity contribution in [3.05, 3.63) is 24.4 Å². The van der Waals surface area contributed by atoms with Crippen LogP contribution in [0, 0.1) is 0 Å². The Hall–Kier alpha value is -1.00. The van der Waals surface area contributed by atoms with E-state index in [2.05, 4.69) is 0 Å². The Morgan fingerprint density at radius 1 is 1.60 bits per heavy atom. The van der Waals surface area contributed by atoms with Gasteiger partial charge in [0.15, 0.2) is 0 Å². The maximum absolute atomic E-state index is 9.18. The van der Waals surface area contributed by atoms with E-state index in [0.717, 1.165) is 13.5 Å². The van der Waals surface area contributed by atoms with Gasteiger partial charge in [-0.3, -0.25) is 4.79 Å². The molecule has 0 bridgehead atoms. The maximum Gasteiger partial charge on any atom is 0.300 e. The van der Waals surface area contributed by atoms with Gasteiger partial charge in [0.2, 0.25) is 0 Å². The second-order valence-electron chi connectivity index (χ2n) is 3.05. The summed E-state index contributed by atoms with van der Waals surface area (Å²) in [5.41, 5.74) is 0. The molecule has 0 saturated carbocycles. The van der Waals surface area contributed by atoms with Crippen molar-refractivity contribution < 1.29 is 15.0 Å². The molecule has 0 fully saturated rings. The largest absolute Gasteiger partial charge is 0.481 e. The highest BCUT2D eigenvalue weighted by molar-refractivity contribution is 6.18. The number of halogens is 1. The minimum Gasteiger partial charge on any atom is -0.481 e. The van der Waals surface area contributed by atoms with E-state index < -0.39 is 12.1 Å². The predicted molar refractivity (Wildman–Crippen MR) is 59.9 cm³/mol. The minimum atomic E-state index is -0.833. The highest BCUT2D eigenvalue weighted by Gasteiger charge is 2.06. The molecule has 1 rings (SSSR count). The van der Waals surface area contributed by atoms with Crippen LogP contribution in [0.4, 0.5) is 0 Å². The number of β-amino-alcohol motifs (C(OH)–C–C–N with tert-alkyl or cyclic N) is 1. The molecule has 1 unspecified atom stereocenters. The van der Waals surface area contributed by atoms with E-state index in [4.69, 9.17) is 21.5 Å². The monoisotopic (exact) mass is 233 g/mol.